The van der Waals surface area contributed by atoms with Crippen LogP contribution in [-0.2, 0) is 13.1 Å². The second-order valence-electron chi connectivity index (χ2n) is 7.52. The Kier molecular flexibility index (Phi) is 5.50. The van der Waals surface area contributed by atoms with Crippen LogP contribution in [-0.4, -0.2) is 23.5 Å². The second kappa shape index (κ2) is 6.80. The molecule has 21 heavy (non-hydrogen) atoms. The molecule has 0 bridgehead atoms. The van der Waals surface area contributed by atoms with E-state index in [1.165, 1.54) is 28.4 Å². The van der Waals surface area contributed by atoms with Gasteiger partial charge in [0.15, 0.2) is 0 Å². The van der Waals surface area contributed by atoms with Gasteiger partial charge >= 0.3 is 0 Å². The zero-order valence-corrected chi connectivity index (χ0v) is 15.6. The molecule has 2 nitrogen and oxygen atoms in total. The van der Waals surface area contributed by atoms with E-state index in [9.17, 15) is 0 Å². The van der Waals surface area contributed by atoms with Crippen LogP contribution in [0.4, 0.5) is 0 Å². The molecule has 2 rings (SSSR count). The van der Waals surface area contributed by atoms with Gasteiger partial charge in [0.2, 0.25) is 0 Å². The fraction of sp³-hybridized carbons (Fsp3) is 0.667. The van der Waals surface area contributed by atoms with Crippen molar-refractivity contribution in [2.24, 2.45) is 5.92 Å². The first-order valence-corrected chi connectivity index (χ1v) is 8.78. The summed E-state index contributed by atoms with van der Waals surface area (Å²) in [7, 11) is 2.24. The molecule has 0 heterocycles. The Labute approximate surface area is 138 Å². The van der Waals surface area contributed by atoms with Crippen molar-refractivity contribution >= 4 is 15.9 Å². The van der Waals surface area contributed by atoms with Gasteiger partial charge in [-0.15, -0.1) is 0 Å². The maximum atomic E-state index is 3.74. The van der Waals surface area contributed by atoms with Crippen LogP contribution in [0.15, 0.2) is 22.7 Å². The summed E-state index contributed by atoms with van der Waals surface area (Å²) in [6.45, 7) is 10.9. The summed E-state index contributed by atoms with van der Waals surface area (Å²) in [6, 6.07) is 7.46. The first kappa shape index (κ1) is 17.0. The van der Waals surface area contributed by atoms with Crippen molar-refractivity contribution in [3.63, 3.8) is 0 Å². The molecule has 1 aliphatic rings. The molecule has 1 aromatic carbocycles. The highest BCUT2D eigenvalue weighted by atomic mass is 79.9. The van der Waals surface area contributed by atoms with Crippen molar-refractivity contribution in [2.45, 2.75) is 65.2 Å². The fourth-order valence-electron chi connectivity index (χ4n) is 2.55. The maximum Gasteiger partial charge on any atom is 0.0244 e. The van der Waals surface area contributed by atoms with Gasteiger partial charge in [-0.05, 0) is 70.7 Å². The van der Waals surface area contributed by atoms with Crippen molar-refractivity contribution in [3.8, 4) is 0 Å². The van der Waals surface area contributed by atoms with Crippen LogP contribution in [0, 0.1) is 5.92 Å². The standard InChI is InChI=1S/C18H29BrN2/c1-13(15-8-9-15)21(5)12-16-7-6-14(10-17(16)19)11-20-18(2,3)4/h6-7,10,13,15,20H,8-9,11-12H2,1-5H3. The summed E-state index contributed by atoms with van der Waals surface area (Å²) in [5, 5.41) is 3.54. The van der Waals surface area contributed by atoms with Crippen LogP contribution in [0.5, 0.6) is 0 Å². The number of nitrogens with zero attached hydrogens (tertiary/aromatic N) is 1. The summed E-state index contributed by atoms with van der Waals surface area (Å²) in [5.74, 6) is 0.920. The second-order valence-corrected chi connectivity index (χ2v) is 8.38. The molecule has 1 aromatic rings. The van der Waals surface area contributed by atoms with Crippen LogP contribution in [0.25, 0.3) is 0 Å². The van der Waals surface area contributed by atoms with Gasteiger partial charge in [0, 0.05) is 29.1 Å². The molecule has 1 unspecified atom stereocenters. The topological polar surface area (TPSA) is 15.3 Å². The average Bonchev–Trinajstić information content (AvgIpc) is 3.21. The molecule has 1 atom stereocenters. The van der Waals surface area contributed by atoms with E-state index < -0.39 is 0 Å². The number of halogens is 1. The Morgan fingerprint density at radius 2 is 2.00 bits per heavy atom. The summed E-state index contributed by atoms with van der Waals surface area (Å²) >= 11 is 3.74. The smallest absolute Gasteiger partial charge is 0.0244 e. The molecule has 0 aromatic heterocycles. The number of hydrogen-bond donors (Lipinski definition) is 1. The van der Waals surface area contributed by atoms with Gasteiger partial charge in [-0.25, -0.2) is 0 Å². The van der Waals surface area contributed by atoms with Crippen molar-refractivity contribution in [2.75, 3.05) is 7.05 Å². The van der Waals surface area contributed by atoms with Gasteiger partial charge in [-0.2, -0.15) is 0 Å². The summed E-state index contributed by atoms with van der Waals surface area (Å²) in [6.07, 6.45) is 2.81. The third kappa shape index (κ3) is 5.39. The first-order chi connectivity index (χ1) is 9.76. The summed E-state index contributed by atoms with van der Waals surface area (Å²) in [4.78, 5) is 2.48. The van der Waals surface area contributed by atoms with Gasteiger partial charge < -0.3 is 5.32 Å². The SMILES string of the molecule is CC(C1CC1)N(C)Cc1ccc(CNC(C)(C)C)cc1Br. The monoisotopic (exact) mass is 352 g/mol. The number of nitrogens with one attached hydrogen (secondary N) is 1. The van der Waals surface area contributed by atoms with E-state index in [2.05, 4.69) is 79.1 Å². The fourth-order valence-corrected chi connectivity index (χ4v) is 3.10. The Morgan fingerprint density at radius 1 is 1.33 bits per heavy atom. The quantitative estimate of drug-likeness (QED) is 0.806. The van der Waals surface area contributed by atoms with Gasteiger partial charge in [0.1, 0.15) is 0 Å². The van der Waals surface area contributed by atoms with E-state index in [0.717, 1.165) is 19.0 Å². The van der Waals surface area contributed by atoms with Crippen LogP contribution in [0.3, 0.4) is 0 Å². The van der Waals surface area contributed by atoms with Gasteiger partial charge in [-0.1, -0.05) is 28.1 Å². The molecule has 0 amide bonds. The van der Waals surface area contributed by atoms with E-state index in [4.69, 9.17) is 0 Å². The predicted octanol–water partition coefficient (Wildman–Crippen LogP) is 4.57. The summed E-state index contributed by atoms with van der Waals surface area (Å²) < 4.78 is 1.23. The molecular formula is C18H29BrN2. The Bertz CT molecular complexity index is 475. The third-order valence-electron chi connectivity index (χ3n) is 4.36. The highest BCUT2D eigenvalue weighted by Gasteiger charge is 2.30. The van der Waals surface area contributed by atoms with E-state index >= 15 is 0 Å². The highest BCUT2D eigenvalue weighted by molar-refractivity contribution is 9.10. The lowest BCUT2D eigenvalue weighted by molar-refractivity contribution is 0.226. The van der Waals surface area contributed by atoms with Crippen LogP contribution >= 0.6 is 15.9 Å². The third-order valence-corrected chi connectivity index (χ3v) is 5.10. The minimum atomic E-state index is 0.158. The molecule has 0 radical (unpaired) electrons. The lowest BCUT2D eigenvalue weighted by atomic mass is 10.1. The average molecular weight is 353 g/mol. The summed E-state index contributed by atoms with van der Waals surface area (Å²) in [5.41, 5.74) is 2.87. The molecule has 1 N–H and O–H groups in total. The van der Waals surface area contributed by atoms with Crippen molar-refractivity contribution < 1.29 is 0 Å². The molecule has 1 fully saturated rings. The predicted molar refractivity (Wildman–Crippen MR) is 94.4 cm³/mol. The minimum Gasteiger partial charge on any atom is -0.308 e. The largest absolute Gasteiger partial charge is 0.308 e. The van der Waals surface area contributed by atoms with Crippen molar-refractivity contribution in [1.29, 1.82) is 0 Å². The molecular weight excluding hydrogens is 324 g/mol. The Balaban J connectivity index is 1.95. The highest BCUT2D eigenvalue weighted by Crippen LogP contribution is 2.35. The van der Waals surface area contributed by atoms with E-state index in [1.54, 1.807) is 0 Å². The zero-order chi connectivity index (χ0) is 15.6. The number of benzene rings is 1. The first-order valence-electron chi connectivity index (χ1n) is 7.99. The van der Waals surface area contributed by atoms with E-state index in [-0.39, 0.29) is 5.54 Å². The van der Waals surface area contributed by atoms with Gasteiger partial charge in [0.25, 0.3) is 0 Å². The van der Waals surface area contributed by atoms with Crippen LogP contribution in [0.1, 0.15) is 51.7 Å². The molecule has 0 aliphatic heterocycles. The zero-order valence-electron chi connectivity index (χ0n) is 14.0. The van der Waals surface area contributed by atoms with Gasteiger partial charge in [0.05, 0.1) is 0 Å². The molecule has 1 aliphatic carbocycles. The van der Waals surface area contributed by atoms with Gasteiger partial charge in [-0.3, -0.25) is 4.90 Å². The van der Waals surface area contributed by atoms with Crippen molar-refractivity contribution in [3.05, 3.63) is 33.8 Å². The normalized spacial score (nSPS) is 17.3. The molecule has 118 valence electrons. The number of rotatable bonds is 6. The van der Waals surface area contributed by atoms with E-state index in [0.29, 0.717) is 6.04 Å². The lowest BCUT2D eigenvalue weighted by Crippen LogP contribution is -2.35. The molecule has 0 spiro atoms. The minimum absolute atomic E-state index is 0.158. The molecule has 1 saturated carbocycles. The van der Waals surface area contributed by atoms with E-state index in [1.807, 2.05) is 0 Å². The van der Waals surface area contributed by atoms with Crippen LogP contribution < -0.4 is 5.32 Å². The van der Waals surface area contributed by atoms with Crippen LogP contribution in [0.2, 0.25) is 0 Å². The molecule has 0 saturated heterocycles. The van der Waals surface area contributed by atoms with Crippen molar-refractivity contribution in [1.82, 2.24) is 10.2 Å². The Morgan fingerprint density at radius 3 is 2.52 bits per heavy atom. The maximum absolute atomic E-state index is 3.74. The number of hydrogen-bond acceptors (Lipinski definition) is 2. The lowest BCUT2D eigenvalue weighted by Gasteiger charge is -2.25. The molecule has 3 heteroatoms. The Hall–Kier alpha value is -0.380.